The molecule has 110 valence electrons. The van der Waals surface area contributed by atoms with Gasteiger partial charge in [0.05, 0.1) is 0 Å². The lowest BCUT2D eigenvalue weighted by molar-refractivity contribution is -0.120. The highest BCUT2D eigenvalue weighted by atomic mass is 35.5. The van der Waals surface area contributed by atoms with Gasteiger partial charge in [0.1, 0.15) is 10.7 Å². The monoisotopic (exact) mass is 325 g/mol. The number of rotatable bonds is 5. The Morgan fingerprint density at radius 2 is 1.67 bits per heavy atom. The van der Waals surface area contributed by atoms with Crippen molar-refractivity contribution in [2.75, 3.05) is 5.88 Å². The third-order valence-electron chi connectivity index (χ3n) is 3.11. The number of carbonyl (C=O) groups is 3. The fraction of sp³-hybridized carbons (Fsp3) is 0.267. The van der Waals surface area contributed by atoms with Gasteiger partial charge in [-0.15, -0.1) is 11.6 Å². The van der Waals surface area contributed by atoms with Crippen LogP contribution in [-0.4, -0.2) is 23.4 Å². The number of ketones is 2. The van der Waals surface area contributed by atoms with Crippen LogP contribution in [0.15, 0.2) is 35.0 Å². The van der Waals surface area contributed by atoms with E-state index in [1.165, 1.54) is 6.07 Å². The Bertz CT molecular complexity index is 638. The summed E-state index contributed by atoms with van der Waals surface area (Å²) in [5.41, 5.74) is 0.367. The van der Waals surface area contributed by atoms with Gasteiger partial charge in [-0.3, -0.25) is 14.4 Å². The molecule has 0 aromatic heterocycles. The van der Waals surface area contributed by atoms with Gasteiger partial charge in [0.25, 0.3) is 0 Å². The highest BCUT2D eigenvalue weighted by Gasteiger charge is 2.31. The molecular weight excluding hydrogens is 313 g/mol. The Balaban J connectivity index is 2.20. The Labute approximate surface area is 132 Å². The normalized spacial score (nSPS) is 14.2. The number of halogens is 2. The molecule has 0 fully saturated rings. The van der Waals surface area contributed by atoms with E-state index in [0.717, 1.165) is 0 Å². The van der Waals surface area contributed by atoms with Crippen LogP contribution >= 0.6 is 23.2 Å². The van der Waals surface area contributed by atoms with Crippen LogP contribution in [-0.2, 0) is 4.79 Å². The summed E-state index contributed by atoms with van der Waals surface area (Å²) >= 11 is 11.5. The lowest BCUT2D eigenvalue weighted by Gasteiger charge is -2.18. The molecule has 0 heterocycles. The van der Waals surface area contributed by atoms with Crippen LogP contribution in [0.1, 0.15) is 40.0 Å². The molecule has 4 nitrogen and oxygen atoms in total. The van der Waals surface area contributed by atoms with Crippen molar-refractivity contribution in [2.45, 2.75) is 19.3 Å². The molecule has 1 aromatic rings. The molecule has 1 N–H and O–H groups in total. The van der Waals surface area contributed by atoms with Gasteiger partial charge in [0.2, 0.25) is 17.5 Å². The van der Waals surface area contributed by atoms with E-state index in [1.807, 2.05) is 0 Å². The van der Waals surface area contributed by atoms with Crippen molar-refractivity contribution in [3.05, 3.63) is 46.1 Å². The molecule has 0 bridgehead atoms. The number of alkyl halides is 1. The fourth-order valence-corrected chi connectivity index (χ4v) is 2.46. The molecule has 0 unspecified atom stereocenters. The summed E-state index contributed by atoms with van der Waals surface area (Å²) in [6.07, 6.45) is 1.54. The maximum atomic E-state index is 12.3. The molecule has 0 radical (unpaired) electrons. The molecule has 6 heteroatoms. The Hall–Kier alpha value is -1.65. The molecule has 1 amide bonds. The molecule has 0 saturated carbocycles. The van der Waals surface area contributed by atoms with Crippen LogP contribution in [0.4, 0.5) is 0 Å². The van der Waals surface area contributed by atoms with Gasteiger partial charge in [0.15, 0.2) is 0 Å². The number of carbonyl (C=O) groups excluding carboxylic acids is 3. The minimum absolute atomic E-state index is 0.142. The molecular formula is C15H13Cl2NO3. The van der Waals surface area contributed by atoms with E-state index < -0.39 is 11.6 Å². The summed E-state index contributed by atoms with van der Waals surface area (Å²) in [7, 11) is 0. The molecule has 2 rings (SSSR count). The Morgan fingerprint density at radius 1 is 1.05 bits per heavy atom. The molecule has 1 aromatic carbocycles. The zero-order chi connectivity index (χ0) is 15.4. The van der Waals surface area contributed by atoms with Gasteiger partial charge < -0.3 is 5.32 Å². The van der Waals surface area contributed by atoms with Crippen molar-refractivity contribution in [2.24, 2.45) is 0 Å². The van der Waals surface area contributed by atoms with E-state index in [0.29, 0.717) is 18.7 Å². The summed E-state index contributed by atoms with van der Waals surface area (Å²) in [6.45, 7) is 0. The largest absolute Gasteiger partial charge is 0.321 e. The second kappa shape index (κ2) is 6.87. The van der Waals surface area contributed by atoms with Crippen molar-refractivity contribution < 1.29 is 14.4 Å². The van der Waals surface area contributed by atoms with E-state index in [1.54, 1.807) is 18.2 Å². The molecule has 21 heavy (non-hydrogen) atoms. The van der Waals surface area contributed by atoms with Gasteiger partial charge in [0, 0.05) is 23.4 Å². The van der Waals surface area contributed by atoms with Crippen molar-refractivity contribution in [1.29, 1.82) is 0 Å². The van der Waals surface area contributed by atoms with Crippen LogP contribution in [0.5, 0.6) is 0 Å². The highest BCUT2D eigenvalue weighted by Crippen LogP contribution is 2.27. The highest BCUT2D eigenvalue weighted by molar-refractivity contribution is 6.50. The topological polar surface area (TPSA) is 63.2 Å². The van der Waals surface area contributed by atoms with Crippen LogP contribution in [0.2, 0.25) is 0 Å². The first-order valence-corrected chi connectivity index (χ1v) is 7.41. The fourth-order valence-electron chi connectivity index (χ4n) is 2.04. The van der Waals surface area contributed by atoms with Gasteiger partial charge in [-0.25, -0.2) is 0 Å². The number of benzene rings is 1. The number of unbranched alkanes of at least 4 members (excludes halogenated alkanes) is 1. The predicted molar refractivity (Wildman–Crippen MR) is 80.7 cm³/mol. The van der Waals surface area contributed by atoms with E-state index in [-0.39, 0.29) is 34.2 Å². The van der Waals surface area contributed by atoms with E-state index in [2.05, 4.69) is 5.32 Å². The number of amides is 1. The smallest absolute Gasteiger partial charge is 0.224 e. The van der Waals surface area contributed by atoms with Crippen LogP contribution in [0, 0.1) is 0 Å². The summed E-state index contributed by atoms with van der Waals surface area (Å²) in [5, 5.41) is 2.20. The van der Waals surface area contributed by atoms with Gasteiger partial charge in [-0.2, -0.15) is 0 Å². The van der Waals surface area contributed by atoms with Crippen molar-refractivity contribution >= 4 is 40.7 Å². The number of hydrogen-bond acceptors (Lipinski definition) is 3. The van der Waals surface area contributed by atoms with Crippen LogP contribution in [0.25, 0.3) is 0 Å². The second-order valence-corrected chi connectivity index (χ2v) is 5.34. The minimum atomic E-state index is -0.456. The standard InChI is InChI=1S/C15H13Cl2NO3/c16-8-4-3-7-11(19)18-13-12(17)14(20)9-5-1-2-6-10(9)15(13)21/h1-2,5-6H,3-4,7-8H2,(H,18,19). The Morgan fingerprint density at radius 3 is 2.29 bits per heavy atom. The predicted octanol–water partition coefficient (Wildman–Crippen LogP) is 3.04. The van der Waals surface area contributed by atoms with Crippen molar-refractivity contribution in [3.8, 4) is 0 Å². The number of nitrogens with one attached hydrogen (secondary N) is 1. The van der Waals surface area contributed by atoms with Crippen LogP contribution < -0.4 is 5.32 Å². The SMILES string of the molecule is O=C(CCCCCl)NC1=C(Cl)C(=O)c2ccccc2C1=O. The van der Waals surface area contributed by atoms with Gasteiger partial charge in [-0.1, -0.05) is 35.9 Å². The van der Waals surface area contributed by atoms with Gasteiger partial charge in [-0.05, 0) is 12.8 Å². The molecule has 0 spiro atoms. The summed E-state index contributed by atoms with van der Waals surface area (Å²) in [5.74, 6) is -0.778. The first kappa shape index (κ1) is 15.7. The number of Topliss-reactive ketones (excluding diaryl/α,β-unsaturated/α-hetero) is 2. The third-order valence-corrected chi connectivity index (χ3v) is 3.74. The number of fused-ring (bicyclic) bond motifs is 1. The number of allylic oxidation sites excluding steroid dienone is 2. The quantitative estimate of drug-likeness (QED) is 0.668. The maximum Gasteiger partial charge on any atom is 0.224 e. The minimum Gasteiger partial charge on any atom is -0.321 e. The van der Waals surface area contributed by atoms with Gasteiger partial charge >= 0.3 is 0 Å². The second-order valence-electron chi connectivity index (χ2n) is 4.59. The Kier molecular flexibility index (Phi) is 5.15. The van der Waals surface area contributed by atoms with E-state index >= 15 is 0 Å². The average molecular weight is 326 g/mol. The third kappa shape index (κ3) is 3.34. The zero-order valence-corrected chi connectivity index (χ0v) is 12.6. The average Bonchev–Trinajstić information content (AvgIpc) is 2.49. The molecule has 0 aliphatic heterocycles. The van der Waals surface area contributed by atoms with Crippen molar-refractivity contribution in [3.63, 3.8) is 0 Å². The first-order valence-electron chi connectivity index (χ1n) is 6.50. The molecule has 0 atom stereocenters. The van der Waals surface area contributed by atoms with E-state index in [9.17, 15) is 14.4 Å². The number of hydrogen-bond donors (Lipinski definition) is 1. The summed E-state index contributed by atoms with van der Waals surface area (Å²) < 4.78 is 0. The zero-order valence-electron chi connectivity index (χ0n) is 11.1. The molecule has 1 aliphatic carbocycles. The maximum absolute atomic E-state index is 12.3. The lowest BCUT2D eigenvalue weighted by atomic mass is 9.92. The van der Waals surface area contributed by atoms with Crippen LogP contribution in [0.3, 0.4) is 0 Å². The summed E-state index contributed by atoms with van der Waals surface area (Å²) in [4.78, 5) is 36.2. The summed E-state index contributed by atoms with van der Waals surface area (Å²) in [6, 6.07) is 6.39. The molecule has 1 aliphatic rings. The van der Waals surface area contributed by atoms with E-state index in [4.69, 9.17) is 23.2 Å². The van der Waals surface area contributed by atoms with Crippen molar-refractivity contribution in [1.82, 2.24) is 5.32 Å². The lowest BCUT2D eigenvalue weighted by Crippen LogP contribution is -2.32. The first-order chi connectivity index (χ1) is 10.1. The molecule has 0 saturated heterocycles.